The van der Waals surface area contributed by atoms with Crippen LogP contribution in [-0.2, 0) is 0 Å². The zero-order valence-corrected chi connectivity index (χ0v) is 8.16. The Labute approximate surface area is 88.1 Å². The van der Waals surface area contributed by atoms with E-state index in [4.69, 9.17) is 23.2 Å². The summed E-state index contributed by atoms with van der Waals surface area (Å²) in [6.07, 6.45) is -1.46. The zero-order chi connectivity index (χ0) is 10.9. The maximum Gasteiger partial charge on any atom is 0.194 e. The summed E-state index contributed by atoms with van der Waals surface area (Å²) in [5.41, 5.74) is -0.212. The van der Waals surface area contributed by atoms with E-state index in [9.17, 15) is 18.3 Å². The quantitative estimate of drug-likeness (QED) is 0.627. The summed E-state index contributed by atoms with van der Waals surface area (Å²) in [4.78, 5) is -1.24. The van der Waals surface area contributed by atoms with Gasteiger partial charge in [-0.25, -0.2) is 13.2 Å². The third-order valence-electron chi connectivity index (χ3n) is 1.59. The van der Waals surface area contributed by atoms with E-state index in [1.54, 1.807) is 0 Å². The largest absolute Gasteiger partial charge is 0.386 e. The predicted octanol–water partition coefficient (Wildman–Crippen LogP) is 2.94. The SMILES string of the molecule is OC(c1cc(F)c(F)c(F)c1)C(Cl)Cl. The highest BCUT2D eigenvalue weighted by molar-refractivity contribution is 6.44. The standard InChI is InChI=1S/C8H5Cl2F3O/c9-8(10)7(14)3-1-4(11)6(13)5(12)2-3/h1-2,7-8,14H. The van der Waals surface area contributed by atoms with E-state index in [2.05, 4.69) is 0 Å². The van der Waals surface area contributed by atoms with Gasteiger partial charge >= 0.3 is 0 Å². The molecule has 78 valence electrons. The number of rotatable bonds is 2. The van der Waals surface area contributed by atoms with Gasteiger partial charge in [-0.3, -0.25) is 0 Å². The summed E-state index contributed by atoms with van der Waals surface area (Å²) in [6, 6.07) is 1.28. The minimum absolute atomic E-state index is 0.212. The van der Waals surface area contributed by atoms with E-state index in [0.29, 0.717) is 12.1 Å². The first-order chi connectivity index (χ1) is 6.43. The second-order valence-electron chi connectivity index (χ2n) is 2.58. The molecule has 1 aromatic rings. The second-order valence-corrected chi connectivity index (χ2v) is 3.74. The van der Waals surface area contributed by atoms with Gasteiger partial charge in [0.25, 0.3) is 0 Å². The average molecular weight is 245 g/mol. The number of aliphatic hydroxyl groups excluding tert-OH is 1. The number of halogens is 5. The Morgan fingerprint density at radius 1 is 1.07 bits per heavy atom. The van der Waals surface area contributed by atoms with Crippen LogP contribution in [0.25, 0.3) is 0 Å². The molecule has 0 saturated heterocycles. The van der Waals surface area contributed by atoms with Gasteiger partial charge in [0.05, 0.1) is 0 Å². The summed E-state index contributed by atoms with van der Waals surface area (Å²) in [7, 11) is 0. The van der Waals surface area contributed by atoms with Crippen molar-refractivity contribution in [3.05, 3.63) is 35.1 Å². The maximum absolute atomic E-state index is 12.7. The lowest BCUT2D eigenvalue weighted by Gasteiger charge is -2.11. The van der Waals surface area contributed by atoms with Crippen LogP contribution in [-0.4, -0.2) is 9.94 Å². The van der Waals surface area contributed by atoms with E-state index in [0.717, 1.165) is 0 Å². The van der Waals surface area contributed by atoms with Crippen LogP contribution in [0.2, 0.25) is 0 Å². The number of hydrogen-bond acceptors (Lipinski definition) is 1. The van der Waals surface area contributed by atoms with Crippen LogP contribution in [0.3, 0.4) is 0 Å². The minimum atomic E-state index is -1.60. The molecule has 0 fully saturated rings. The lowest BCUT2D eigenvalue weighted by atomic mass is 10.1. The lowest BCUT2D eigenvalue weighted by molar-refractivity contribution is 0.191. The second kappa shape index (κ2) is 4.38. The summed E-state index contributed by atoms with van der Waals surface area (Å²) in [6.45, 7) is 0. The summed E-state index contributed by atoms with van der Waals surface area (Å²) < 4.78 is 37.8. The van der Waals surface area contributed by atoms with E-state index < -0.39 is 28.4 Å². The van der Waals surface area contributed by atoms with Gasteiger partial charge in [0.1, 0.15) is 10.9 Å². The highest BCUT2D eigenvalue weighted by atomic mass is 35.5. The van der Waals surface area contributed by atoms with Crippen molar-refractivity contribution in [2.45, 2.75) is 10.9 Å². The Balaban J connectivity index is 3.12. The molecular weight excluding hydrogens is 240 g/mol. The zero-order valence-electron chi connectivity index (χ0n) is 6.65. The summed E-state index contributed by atoms with van der Waals surface area (Å²) in [5, 5.41) is 9.22. The van der Waals surface area contributed by atoms with Crippen LogP contribution < -0.4 is 0 Å². The van der Waals surface area contributed by atoms with Crippen molar-refractivity contribution in [3.8, 4) is 0 Å². The molecule has 1 atom stereocenters. The Morgan fingerprint density at radius 3 is 1.86 bits per heavy atom. The topological polar surface area (TPSA) is 20.2 Å². The molecular formula is C8H5Cl2F3O. The number of alkyl halides is 2. The molecule has 0 spiro atoms. The van der Waals surface area contributed by atoms with Crippen molar-refractivity contribution in [2.75, 3.05) is 0 Å². The monoisotopic (exact) mass is 244 g/mol. The molecule has 1 aromatic carbocycles. The Morgan fingerprint density at radius 2 is 1.50 bits per heavy atom. The van der Waals surface area contributed by atoms with Crippen LogP contribution in [0.4, 0.5) is 13.2 Å². The molecule has 0 amide bonds. The Hall–Kier alpha value is -0.450. The number of benzene rings is 1. The third-order valence-corrected chi connectivity index (χ3v) is 2.06. The first-order valence-electron chi connectivity index (χ1n) is 3.54. The van der Waals surface area contributed by atoms with Gasteiger partial charge < -0.3 is 5.11 Å². The van der Waals surface area contributed by atoms with Crippen LogP contribution in [0.1, 0.15) is 11.7 Å². The van der Waals surface area contributed by atoms with Gasteiger partial charge in [0, 0.05) is 0 Å². The first kappa shape index (κ1) is 11.6. The van der Waals surface area contributed by atoms with Crippen molar-refractivity contribution in [1.29, 1.82) is 0 Å². The molecule has 1 nitrogen and oxygen atoms in total. The molecule has 0 bridgehead atoms. The lowest BCUT2D eigenvalue weighted by Crippen LogP contribution is -2.07. The van der Waals surface area contributed by atoms with E-state index >= 15 is 0 Å². The van der Waals surface area contributed by atoms with Gasteiger partial charge in [0.15, 0.2) is 17.5 Å². The van der Waals surface area contributed by atoms with Crippen molar-refractivity contribution in [3.63, 3.8) is 0 Å². The van der Waals surface area contributed by atoms with Gasteiger partial charge in [-0.15, -0.1) is 23.2 Å². The fourth-order valence-corrected chi connectivity index (χ4v) is 1.18. The fraction of sp³-hybridized carbons (Fsp3) is 0.250. The molecule has 1 N–H and O–H groups in total. The molecule has 0 aliphatic heterocycles. The molecule has 0 aromatic heterocycles. The summed E-state index contributed by atoms with van der Waals surface area (Å²) >= 11 is 10.6. The molecule has 0 radical (unpaired) electrons. The molecule has 1 rings (SSSR count). The molecule has 6 heteroatoms. The van der Waals surface area contributed by atoms with E-state index in [-0.39, 0.29) is 5.56 Å². The third kappa shape index (κ3) is 2.32. The fourth-order valence-electron chi connectivity index (χ4n) is 0.891. The van der Waals surface area contributed by atoms with E-state index in [1.165, 1.54) is 0 Å². The molecule has 1 unspecified atom stereocenters. The van der Waals surface area contributed by atoms with Crippen molar-refractivity contribution in [1.82, 2.24) is 0 Å². The van der Waals surface area contributed by atoms with Crippen LogP contribution in [0.5, 0.6) is 0 Å². The molecule has 0 saturated carbocycles. The van der Waals surface area contributed by atoms with E-state index in [1.807, 2.05) is 0 Å². The van der Waals surface area contributed by atoms with Crippen LogP contribution >= 0.6 is 23.2 Å². The molecule has 0 heterocycles. The Bertz CT molecular complexity index is 320. The van der Waals surface area contributed by atoms with Gasteiger partial charge in [-0.05, 0) is 17.7 Å². The average Bonchev–Trinajstić information content (AvgIpc) is 2.12. The maximum atomic E-state index is 12.7. The molecule has 14 heavy (non-hydrogen) atoms. The van der Waals surface area contributed by atoms with Gasteiger partial charge in [-0.2, -0.15) is 0 Å². The van der Waals surface area contributed by atoms with Crippen molar-refractivity contribution >= 4 is 23.2 Å². The van der Waals surface area contributed by atoms with Crippen molar-refractivity contribution < 1.29 is 18.3 Å². The first-order valence-corrected chi connectivity index (χ1v) is 4.41. The number of aliphatic hydroxyl groups is 1. The van der Waals surface area contributed by atoms with Gasteiger partial charge in [0.2, 0.25) is 0 Å². The highest BCUT2D eigenvalue weighted by Crippen LogP contribution is 2.26. The molecule has 0 aliphatic carbocycles. The smallest absolute Gasteiger partial charge is 0.194 e. The highest BCUT2D eigenvalue weighted by Gasteiger charge is 2.20. The minimum Gasteiger partial charge on any atom is -0.386 e. The Kier molecular flexibility index (Phi) is 3.64. The summed E-state index contributed by atoms with van der Waals surface area (Å²) in [5.74, 6) is -4.39. The van der Waals surface area contributed by atoms with Gasteiger partial charge in [-0.1, -0.05) is 0 Å². The number of hydrogen-bond donors (Lipinski definition) is 1. The van der Waals surface area contributed by atoms with Crippen LogP contribution in [0.15, 0.2) is 12.1 Å². The predicted molar refractivity (Wildman–Crippen MR) is 46.8 cm³/mol. The normalized spacial score (nSPS) is 13.4. The van der Waals surface area contributed by atoms with Crippen LogP contribution in [0, 0.1) is 17.5 Å². The molecule has 0 aliphatic rings. The van der Waals surface area contributed by atoms with Crippen molar-refractivity contribution in [2.24, 2.45) is 0 Å².